The van der Waals surface area contributed by atoms with E-state index in [1.807, 2.05) is 11.8 Å². The number of unbranched alkanes of at least 4 members (excludes halogenated alkanes) is 2. The Morgan fingerprint density at radius 1 is 1.25 bits per heavy atom. The van der Waals surface area contributed by atoms with Crippen molar-refractivity contribution in [2.45, 2.75) is 63.8 Å². The molecule has 1 aliphatic heterocycles. The average Bonchev–Trinajstić information content (AvgIpc) is 2.45. The summed E-state index contributed by atoms with van der Waals surface area (Å²) in [5.74, 6) is 1.24. The fraction of sp³-hybridized carbons (Fsp3) is 0.667. The Hall–Kier alpha value is -0.470. The van der Waals surface area contributed by atoms with E-state index in [0.717, 1.165) is 6.54 Å². The number of hydrogen-bond donors (Lipinski definition) is 1. The van der Waals surface area contributed by atoms with E-state index >= 15 is 0 Å². The Morgan fingerprint density at radius 3 is 2.85 bits per heavy atom. The third-order valence-corrected chi connectivity index (χ3v) is 5.37. The summed E-state index contributed by atoms with van der Waals surface area (Å²) in [5.41, 5.74) is 1.92. The molecule has 0 amide bonds. The van der Waals surface area contributed by atoms with Gasteiger partial charge in [-0.3, -0.25) is 0 Å². The first kappa shape index (κ1) is 15.9. The van der Waals surface area contributed by atoms with Gasteiger partial charge < -0.3 is 5.32 Å². The molecule has 1 unspecified atom stereocenters. The largest absolute Gasteiger partial charge is 0.309 e. The second-order valence-corrected chi connectivity index (χ2v) is 7.87. The Balaban J connectivity index is 1.88. The van der Waals surface area contributed by atoms with Gasteiger partial charge in [0.2, 0.25) is 0 Å². The Bertz CT molecular complexity index is 414. The lowest BCUT2D eigenvalue weighted by Crippen LogP contribution is -2.33. The third kappa shape index (κ3) is 4.53. The zero-order chi connectivity index (χ0) is 14.4. The normalized spacial score (nSPS) is 18.9. The van der Waals surface area contributed by atoms with Crippen molar-refractivity contribution in [2.24, 2.45) is 5.41 Å². The van der Waals surface area contributed by atoms with E-state index in [-0.39, 0.29) is 0 Å². The molecular weight excluding hydrogens is 262 g/mol. The number of nitrogens with one attached hydrogen (secondary N) is 1. The minimum absolute atomic E-state index is 0.411. The molecule has 20 heavy (non-hydrogen) atoms. The fourth-order valence-corrected chi connectivity index (χ4v) is 4.02. The lowest BCUT2D eigenvalue weighted by Gasteiger charge is -2.31. The number of fused-ring (bicyclic) bond motifs is 1. The van der Waals surface area contributed by atoms with Crippen molar-refractivity contribution in [2.75, 3.05) is 12.3 Å². The molecule has 0 saturated heterocycles. The molecule has 1 aliphatic rings. The quantitative estimate of drug-likeness (QED) is 0.673. The Kier molecular flexibility index (Phi) is 5.98. The topological polar surface area (TPSA) is 12.0 Å². The monoisotopic (exact) mass is 291 g/mol. The van der Waals surface area contributed by atoms with Gasteiger partial charge in [-0.25, -0.2) is 0 Å². The molecule has 2 rings (SSSR count). The van der Waals surface area contributed by atoms with Crippen molar-refractivity contribution in [3.63, 3.8) is 0 Å². The third-order valence-electron chi connectivity index (χ3n) is 4.24. The zero-order valence-electron chi connectivity index (χ0n) is 13.2. The number of hydrogen-bond acceptors (Lipinski definition) is 2. The zero-order valence-corrected chi connectivity index (χ0v) is 14.1. The maximum Gasteiger partial charge on any atom is 0.0339 e. The van der Waals surface area contributed by atoms with Crippen LogP contribution in [0.25, 0.3) is 0 Å². The summed E-state index contributed by atoms with van der Waals surface area (Å²) >= 11 is 2.00. The molecule has 1 atom stereocenters. The highest BCUT2D eigenvalue weighted by Gasteiger charge is 2.23. The first-order valence-electron chi connectivity index (χ1n) is 8.07. The minimum Gasteiger partial charge on any atom is -0.309 e. The van der Waals surface area contributed by atoms with E-state index in [1.165, 1.54) is 48.3 Å². The maximum atomic E-state index is 3.83. The van der Waals surface area contributed by atoms with Gasteiger partial charge in [0.1, 0.15) is 0 Å². The molecule has 0 bridgehead atoms. The van der Waals surface area contributed by atoms with E-state index < -0.39 is 0 Å². The van der Waals surface area contributed by atoms with Crippen molar-refractivity contribution in [1.29, 1.82) is 0 Å². The second kappa shape index (κ2) is 7.51. The Labute approximate surface area is 128 Å². The summed E-state index contributed by atoms with van der Waals surface area (Å²) < 4.78 is 0. The molecule has 0 radical (unpaired) electrons. The van der Waals surface area contributed by atoms with Crippen molar-refractivity contribution < 1.29 is 0 Å². The van der Waals surface area contributed by atoms with Crippen LogP contribution in [0.3, 0.4) is 0 Å². The summed E-state index contributed by atoms with van der Waals surface area (Å²) in [6.07, 6.45) is 6.63. The fourth-order valence-electron chi connectivity index (χ4n) is 2.90. The molecule has 0 saturated carbocycles. The molecular formula is C18H29NS. The van der Waals surface area contributed by atoms with Gasteiger partial charge in [-0.15, -0.1) is 11.8 Å². The van der Waals surface area contributed by atoms with Crippen LogP contribution in [-0.2, 0) is 0 Å². The molecule has 1 N–H and O–H groups in total. The van der Waals surface area contributed by atoms with Gasteiger partial charge in [0, 0.05) is 17.5 Å². The van der Waals surface area contributed by atoms with Crippen LogP contribution < -0.4 is 5.32 Å². The summed E-state index contributed by atoms with van der Waals surface area (Å²) in [6, 6.07) is 9.44. The van der Waals surface area contributed by atoms with Crippen LogP contribution in [0.1, 0.15) is 64.5 Å². The minimum atomic E-state index is 0.411. The molecule has 0 aliphatic carbocycles. The van der Waals surface area contributed by atoms with Gasteiger partial charge in [0.25, 0.3) is 0 Å². The lowest BCUT2D eigenvalue weighted by molar-refractivity contribution is 0.284. The highest BCUT2D eigenvalue weighted by atomic mass is 32.2. The van der Waals surface area contributed by atoms with Gasteiger partial charge in [0.05, 0.1) is 0 Å². The first-order chi connectivity index (χ1) is 9.62. The van der Waals surface area contributed by atoms with Crippen molar-refractivity contribution in [3.8, 4) is 0 Å². The predicted octanol–water partition coefficient (Wildman–Crippen LogP) is 5.42. The van der Waals surface area contributed by atoms with Crippen LogP contribution in [0, 0.1) is 5.41 Å². The van der Waals surface area contributed by atoms with Gasteiger partial charge in [-0.1, -0.05) is 58.2 Å². The van der Waals surface area contributed by atoms with Crippen molar-refractivity contribution >= 4 is 11.8 Å². The van der Waals surface area contributed by atoms with E-state index in [0.29, 0.717) is 11.5 Å². The summed E-state index contributed by atoms with van der Waals surface area (Å²) in [4.78, 5) is 1.47. The Morgan fingerprint density at radius 2 is 2.05 bits per heavy atom. The van der Waals surface area contributed by atoms with Gasteiger partial charge >= 0.3 is 0 Å². The maximum absolute atomic E-state index is 3.83. The standard InChI is InChI=1S/C18H29NS/c1-4-5-8-12-18(2,3)14-19-16-11-13-20-17-10-7-6-9-15(16)17/h6-7,9-10,16,19H,4-5,8,11-14H2,1-3H3. The molecule has 1 aromatic rings. The lowest BCUT2D eigenvalue weighted by atomic mass is 9.86. The van der Waals surface area contributed by atoms with Gasteiger partial charge in [-0.05, 0) is 35.6 Å². The predicted molar refractivity (Wildman–Crippen MR) is 90.4 cm³/mol. The van der Waals surface area contributed by atoms with Crippen molar-refractivity contribution in [3.05, 3.63) is 29.8 Å². The molecule has 0 spiro atoms. The number of thioether (sulfide) groups is 1. The molecule has 1 heterocycles. The number of rotatable bonds is 7. The second-order valence-electron chi connectivity index (χ2n) is 6.73. The van der Waals surface area contributed by atoms with Crippen LogP contribution in [0.15, 0.2) is 29.2 Å². The molecule has 0 aromatic heterocycles. The molecule has 2 heteroatoms. The SMILES string of the molecule is CCCCCC(C)(C)CNC1CCSc2ccccc21. The van der Waals surface area contributed by atoms with Gasteiger partial charge in [-0.2, -0.15) is 0 Å². The summed E-state index contributed by atoms with van der Waals surface area (Å²) in [6.45, 7) is 8.21. The smallest absolute Gasteiger partial charge is 0.0339 e. The van der Waals surface area contributed by atoms with E-state index in [2.05, 4.69) is 50.4 Å². The summed E-state index contributed by atoms with van der Waals surface area (Å²) in [7, 11) is 0. The van der Waals surface area contributed by atoms with E-state index in [1.54, 1.807) is 0 Å². The van der Waals surface area contributed by atoms with Crippen LogP contribution >= 0.6 is 11.8 Å². The van der Waals surface area contributed by atoms with Gasteiger partial charge in [0.15, 0.2) is 0 Å². The van der Waals surface area contributed by atoms with Crippen LogP contribution in [0.2, 0.25) is 0 Å². The van der Waals surface area contributed by atoms with Crippen LogP contribution in [-0.4, -0.2) is 12.3 Å². The average molecular weight is 292 g/mol. The summed E-state index contributed by atoms with van der Waals surface area (Å²) in [5, 5.41) is 3.83. The van der Waals surface area contributed by atoms with E-state index in [9.17, 15) is 0 Å². The molecule has 1 aromatic carbocycles. The van der Waals surface area contributed by atoms with E-state index in [4.69, 9.17) is 0 Å². The van der Waals surface area contributed by atoms with Crippen molar-refractivity contribution in [1.82, 2.24) is 5.32 Å². The molecule has 1 nitrogen and oxygen atoms in total. The van der Waals surface area contributed by atoms with Crippen LogP contribution in [0.5, 0.6) is 0 Å². The number of benzene rings is 1. The highest BCUT2D eigenvalue weighted by Crippen LogP contribution is 2.36. The molecule has 112 valence electrons. The highest BCUT2D eigenvalue weighted by molar-refractivity contribution is 7.99. The van der Waals surface area contributed by atoms with Crippen LogP contribution in [0.4, 0.5) is 0 Å². The molecule has 0 fully saturated rings. The first-order valence-corrected chi connectivity index (χ1v) is 9.06.